The van der Waals surface area contributed by atoms with E-state index in [1.807, 2.05) is 32.9 Å². The summed E-state index contributed by atoms with van der Waals surface area (Å²) >= 11 is 7.11. The van der Waals surface area contributed by atoms with Crippen LogP contribution in [0.2, 0.25) is 5.02 Å². The Morgan fingerprint density at radius 1 is 1.06 bits per heavy atom. The fourth-order valence-electron chi connectivity index (χ4n) is 3.20. The van der Waals surface area contributed by atoms with Crippen molar-refractivity contribution < 1.29 is 14.3 Å². The highest BCUT2D eigenvalue weighted by Gasteiger charge is 2.17. The molecule has 2 N–H and O–H groups in total. The molecule has 3 rings (SSSR count). The van der Waals surface area contributed by atoms with Gasteiger partial charge in [-0.3, -0.25) is 9.59 Å². The number of hydrogen-bond donors (Lipinski definition) is 2. The van der Waals surface area contributed by atoms with Crippen molar-refractivity contribution in [2.24, 2.45) is 0 Å². The summed E-state index contributed by atoms with van der Waals surface area (Å²) in [5.74, 6) is 0.0544. The molecule has 2 aromatic carbocycles. The van der Waals surface area contributed by atoms with Gasteiger partial charge in [-0.25, -0.2) is 4.98 Å². The third-order valence-electron chi connectivity index (χ3n) is 4.57. The molecule has 1 heterocycles. The zero-order chi connectivity index (χ0) is 22.5. The van der Waals surface area contributed by atoms with Gasteiger partial charge >= 0.3 is 0 Å². The van der Waals surface area contributed by atoms with Gasteiger partial charge in [0.1, 0.15) is 22.2 Å². The molecule has 0 spiro atoms. The number of benzene rings is 2. The lowest BCUT2D eigenvalue weighted by atomic mass is 10.1. The van der Waals surface area contributed by atoms with Gasteiger partial charge in [-0.05, 0) is 63.1 Å². The predicted molar refractivity (Wildman–Crippen MR) is 124 cm³/mol. The minimum Gasteiger partial charge on any atom is -0.486 e. The van der Waals surface area contributed by atoms with Gasteiger partial charge in [-0.1, -0.05) is 29.3 Å². The Morgan fingerprint density at radius 2 is 1.71 bits per heavy atom. The molecule has 162 valence electrons. The number of nitrogens with zero attached hydrogens (tertiary/aromatic N) is 1. The molecule has 0 aliphatic heterocycles. The molecule has 6 nitrogen and oxygen atoms in total. The molecule has 0 aliphatic carbocycles. The molecule has 3 aromatic rings. The minimum absolute atomic E-state index is 0.125. The van der Waals surface area contributed by atoms with Gasteiger partial charge in [-0.15, -0.1) is 11.3 Å². The number of amides is 2. The molecule has 0 fully saturated rings. The average molecular weight is 458 g/mol. The van der Waals surface area contributed by atoms with Crippen LogP contribution in [-0.4, -0.2) is 23.3 Å². The number of nitrogens with one attached hydrogen (secondary N) is 2. The number of anilines is 1. The first-order valence-electron chi connectivity index (χ1n) is 9.73. The average Bonchev–Trinajstić information content (AvgIpc) is 3.09. The van der Waals surface area contributed by atoms with Crippen LogP contribution in [-0.2, 0) is 11.4 Å². The molecule has 0 radical (unpaired) electrons. The highest BCUT2D eigenvalue weighted by molar-refractivity contribution is 7.13. The summed E-state index contributed by atoms with van der Waals surface area (Å²) in [6.07, 6.45) is 0. The van der Waals surface area contributed by atoms with Crippen molar-refractivity contribution in [3.63, 3.8) is 0 Å². The van der Waals surface area contributed by atoms with Gasteiger partial charge in [0.15, 0.2) is 0 Å². The molecule has 2 amide bonds. The second-order valence-electron chi connectivity index (χ2n) is 7.27. The topological polar surface area (TPSA) is 80.3 Å². The standard InChI is InChI=1S/C23H24ClN3O3S/c1-13-9-14(2)21(15(3)10-13)27-19(28)11-25-23(29)22-16(4)26-20(31-22)12-30-18-7-5-17(24)6-8-18/h5-10H,11-12H2,1-4H3,(H,25,29)(H,27,28). The maximum Gasteiger partial charge on any atom is 0.263 e. The Morgan fingerprint density at radius 3 is 2.35 bits per heavy atom. The van der Waals surface area contributed by atoms with E-state index in [4.69, 9.17) is 16.3 Å². The van der Waals surface area contributed by atoms with Crippen LogP contribution in [0.5, 0.6) is 5.75 Å². The van der Waals surface area contributed by atoms with Gasteiger partial charge < -0.3 is 15.4 Å². The Bertz CT molecular complexity index is 1090. The quantitative estimate of drug-likeness (QED) is 0.524. The summed E-state index contributed by atoms with van der Waals surface area (Å²) in [4.78, 5) is 29.8. The highest BCUT2D eigenvalue weighted by Crippen LogP contribution is 2.23. The summed E-state index contributed by atoms with van der Waals surface area (Å²) in [6, 6.07) is 11.0. The van der Waals surface area contributed by atoms with E-state index >= 15 is 0 Å². The van der Waals surface area contributed by atoms with Crippen molar-refractivity contribution in [2.45, 2.75) is 34.3 Å². The van der Waals surface area contributed by atoms with Gasteiger partial charge in [0, 0.05) is 10.7 Å². The normalized spacial score (nSPS) is 10.6. The van der Waals surface area contributed by atoms with Gasteiger partial charge in [0.25, 0.3) is 5.91 Å². The number of halogens is 1. The van der Waals surface area contributed by atoms with Crippen LogP contribution in [0.15, 0.2) is 36.4 Å². The lowest BCUT2D eigenvalue weighted by molar-refractivity contribution is -0.115. The first kappa shape index (κ1) is 22.8. The SMILES string of the molecule is Cc1cc(C)c(NC(=O)CNC(=O)c2sc(COc3ccc(Cl)cc3)nc2C)c(C)c1. The third kappa shape index (κ3) is 6.06. The fraction of sp³-hybridized carbons (Fsp3) is 0.261. The molecule has 8 heteroatoms. The highest BCUT2D eigenvalue weighted by atomic mass is 35.5. The van der Waals surface area contributed by atoms with Gasteiger partial charge in [0.05, 0.1) is 12.2 Å². The summed E-state index contributed by atoms with van der Waals surface area (Å²) < 4.78 is 5.68. The smallest absolute Gasteiger partial charge is 0.263 e. The van der Waals surface area contributed by atoms with E-state index in [1.165, 1.54) is 11.3 Å². The maximum atomic E-state index is 12.5. The summed E-state index contributed by atoms with van der Waals surface area (Å²) in [5, 5.41) is 6.85. The minimum atomic E-state index is -0.333. The van der Waals surface area contributed by atoms with Crippen LogP contribution in [0.1, 0.15) is 37.1 Å². The Labute approximate surface area is 190 Å². The number of aromatic nitrogens is 1. The fourth-order valence-corrected chi connectivity index (χ4v) is 4.22. The second kappa shape index (κ2) is 9.94. The lowest BCUT2D eigenvalue weighted by Crippen LogP contribution is -2.33. The zero-order valence-electron chi connectivity index (χ0n) is 17.8. The molecule has 1 aromatic heterocycles. The number of carbonyl (C=O) groups is 2. The molecule has 0 bridgehead atoms. The Hall–Kier alpha value is -2.90. The van der Waals surface area contributed by atoms with Crippen LogP contribution in [0, 0.1) is 27.7 Å². The van der Waals surface area contributed by atoms with Gasteiger partial charge in [0.2, 0.25) is 5.91 Å². The lowest BCUT2D eigenvalue weighted by Gasteiger charge is -2.13. The third-order valence-corrected chi connectivity index (χ3v) is 5.96. The van der Waals surface area contributed by atoms with E-state index < -0.39 is 0 Å². The molecule has 0 atom stereocenters. The number of carbonyl (C=O) groups excluding carboxylic acids is 2. The van der Waals surface area contributed by atoms with E-state index in [0.29, 0.717) is 26.4 Å². The van der Waals surface area contributed by atoms with Crippen molar-refractivity contribution in [3.05, 3.63) is 73.7 Å². The first-order chi connectivity index (χ1) is 14.7. The Kier molecular flexibility index (Phi) is 7.30. The van der Waals surface area contributed by atoms with Crippen molar-refractivity contribution in [3.8, 4) is 5.75 Å². The van der Waals surface area contributed by atoms with E-state index in [2.05, 4.69) is 15.6 Å². The zero-order valence-corrected chi connectivity index (χ0v) is 19.4. The van der Waals surface area contributed by atoms with Crippen molar-refractivity contribution in [1.82, 2.24) is 10.3 Å². The monoisotopic (exact) mass is 457 g/mol. The second-order valence-corrected chi connectivity index (χ2v) is 8.79. The molecular weight excluding hydrogens is 434 g/mol. The van der Waals surface area contributed by atoms with Crippen molar-refractivity contribution in [1.29, 1.82) is 0 Å². The first-order valence-corrected chi connectivity index (χ1v) is 10.9. The van der Waals surface area contributed by atoms with E-state index in [-0.39, 0.29) is 25.0 Å². The summed E-state index contributed by atoms with van der Waals surface area (Å²) in [6.45, 7) is 7.78. The predicted octanol–water partition coefficient (Wildman–Crippen LogP) is 4.98. The van der Waals surface area contributed by atoms with Crippen LogP contribution in [0.25, 0.3) is 0 Å². The van der Waals surface area contributed by atoms with Crippen molar-refractivity contribution in [2.75, 3.05) is 11.9 Å². The van der Waals surface area contributed by atoms with Gasteiger partial charge in [-0.2, -0.15) is 0 Å². The van der Waals surface area contributed by atoms with E-state index in [1.54, 1.807) is 31.2 Å². The Balaban J connectivity index is 1.55. The number of ether oxygens (including phenoxy) is 1. The number of hydrogen-bond acceptors (Lipinski definition) is 5. The maximum absolute atomic E-state index is 12.5. The van der Waals surface area contributed by atoms with E-state index in [0.717, 1.165) is 22.4 Å². The molecule has 31 heavy (non-hydrogen) atoms. The molecule has 0 aliphatic rings. The summed E-state index contributed by atoms with van der Waals surface area (Å²) in [7, 11) is 0. The van der Waals surface area contributed by atoms with E-state index in [9.17, 15) is 9.59 Å². The van der Waals surface area contributed by atoms with Crippen LogP contribution in [0.3, 0.4) is 0 Å². The van der Waals surface area contributed by atoms with Crippen LogP contribution < -0.4 is 15.4 Å². The number of rotatable bonds is 7. The van der Waals surface area contributed by atoms with Crippen molar-refractivity contribution >= 4 is 40.4 Å². The number of aryl methyl sites for hydroxylation is 4. The molecule has 0 saturated heterocycles. The number of thiazole rings is 1. The molecule has 0 saturated carbocycles. The van der Waals surface area contributed by atoms with Crippen LogP contribution >= 0.6 is 22.9 Å². The molecule has 0 unspecified atom stereocenters. The largest absolute Gasteiger partial charge is 0.486 e. The van der Waals surface area contributed by atoms with Crippen LogP contribution in [0.4, 0.5) is 5.69 Å². The summed E-state index contributed by atoms with van der Waals surface area (Å²) in [5.41, 5.74) is 4.49. The molecular formula is C23H24ClN3O3S.